The predicted molar refractivity (Wildman–Crippen MR) is 145 cm³/mol. The third-order valence-electron chi connectivity index (χ3n) is 6.03. The van der Waals surface area contributed by atoms with Crippen LogP contribution in [0.15, 0.2) is 53.4 Å². The second-order valence-corrected chi connectivity index (χ2v) is 11.6. The topological polar surface area (TPSA) is 128 Å². The maximum absolute atomic E-state index is 12.0. The summed E-state index contributed by atoms with van der Waals surface area (Å²) in [6.45, 7) is 8.75. The molecule has 1 unspecified atom stereocenters. The number of sulfone groups is 1. The Kier molecular flexibility index (Phi) is 10.2. The van der Waals surface area contributed by atoms with Crippen LogP contribution >= 0.6 is 0 Å². The van der Waals surface area contributed by atoms with Gasteiger partial charge in [-0.05, 0) is 46.7 Å². The first kappa shape index (κ1) is 29.5. The highest BCUT2D eigenvalue weighted by Gasteiger charge is 2.17. The van der Waals surface area contributed by atoms with Crippen molar-refractivity contribution >= 4 is 15.8 Å². The molecule has 1 saturated heterocycles. The third-order valence-corrected chi connectivity index (χ3v) is 7.21. The number of aliphatic hydroxyl groups is 1. The second-order valence-electron chi connectivity index (χ2n) is 9.60. The molecule has 0 spiro atoms. The van der Waals surface area contributed by atoms with Crippen molar-refractivity contribution < 1.29 is 32.9 Å². The lowest BCUT2D eigenvalue weighted by Crippen LogP contribution is -2.27. The van der Waals surface area contributed by atoms with E-state index in [2.05, 4.69) is 12.0 Å². The normalized spacial score (nSPS) is 15.7. The molecule has 206 valence electrons. The number of aromatic nitrogens is 2. The Balaban J connectivity index is 0.000000427. The van der Waals surface area contributed by atoms with Crippen LogP contribution in [0.2, 0.25) is 0 Å². The van der Waals surface area contributed by atoms with Gasteiger partial charge in [0.2, 0.25) is 0 Å². The van der Waals surface area contributed by atoms with E-state index in [-0.39, 0.29) is 17.2 Å². The number of nitrogens with zero attached hydrogens (tertiary/aromatic N) is 2. The maximum Gasteiger partial charge on any atom is 0.356 e. The summed E-state index contributed by atoms with van der Waals surface area (Å²) in [4.78, 5) is 11.4. The van der Waals surface area contributed by atoms with Crippen molar-refractivity contribution in [3.05, 3.63) is 59.8 Å². The van der Waals surface area contributed by atoms with Crippen molar-refractivity contribution in [2.24, 2.45) is 5.92 Å². The summed E-state index contributed by atoms with van der Waals surface area (Å²) >= 11 is 0. The smallest absolute Gasteiger partial charge is 0.356 e. The minimum atomic E-state index is -3.48. The molecule has 0 saturated carbocycles. The first-order valence-electron chi connectivity index (χ1n) is 12.6. The van der Waals surface area contributed by atoms with Crippen LogP contribution in [0, 0.1) is 5.92 Å². The van der Waals surface area contributed by atoms with E-state index in [4.69, 9.17) is 9.47 Å². The number of aliphatic hydroxyl groups excluding tert-OH is 1. The summed E-state index contributed by atoms with van der Waals surface area (Å²) in [5.74, 6) is -0.781. The Labute approximate surface area is 223 Å². The number of hydrogen-bond acceptors (Lipinski definition) is 7. The van der Waals surface area contributed by atoms with Gasteiger partial charge in [0.1, 0.15) is 0 Å². The fourth-order valence-electron chi connectivity index (χ4n) is 4.05. The van der Waals surface area contributed by atoms with Crippen LogP contribution in [0.25, 0.3) is 22.4 Å². The third kappa shape index (κ3) is 7.73. The van der Waals surface area contributed by atoms with Crippen molar-refractivity contribution in [3.63, 3.8) is 0 Å². The standard InChI is InChI=1S/C22H24N2O5S.C6H12O2/c1-14(2)12-24-20(11-19(23-24)22(26)27)16-6-4-15(5-7-16)17-8-9-18(13-25)21(10-17)30(3,28)29;1-2-6-5-7-3-4-8-6/h4-11,14,25H,12-13H2,1-3H3,(H,26,27);6H,2-5H2,1H3. The van der Waals surface area contributed by atoms with Crippen molar-refractivity contribution in [1.82, 2.24) is 9.78 Å². The highest BCUT2D eigenvalue weighted by atomic mass is 32.2. The van der Waals surface area contributed by atoms with Gasteiger partial charge >= 0.3 is 5.97 Å². The molecule has 9 nitrogen and oxygen atoms in total. The quantitative estimate of drug-likeness (QED) is 0.430. The van der Waals surface area contributed by atoms with Gasteiger partial charge < -0.3 is 19.7 Å². The van der Waals surface area contributed by atoms with Gasteiger partial charge in [-0.15, -0.1) is 0 Å². The van der Waals surface area contributed by atoms with Gasteiger partial charge in [0.25, 0.3) is 0 Å². The lowest BCUT2D eigenvalue weighted by atomic mass is 10.0. The van der Waals surface area contributed by atoms with Crippen molar-refractivity contribution in [2.75, 3.05) is 26.1 Å². The minimum absolute atomic E-state index is 0.00730. The van der Waals surface area contributed by atoms with E-state index in [1.807, 2.05) is 38.1 Å². The molecule has 1 fully saturated rings. The molecular weight excluding hydrogens is 508 g/mol. The van der Waals surface area contributed by atoms with Gasteiger partial charge in [0, 0.05) is 12.8 Å². The monoisotopic (exact) mass is 544 g/mol. The number of hydrogen-bond donors (Lipinski definition) is 2. The van der Waals surface area contributed by atoms with E-state index in [9.17, 15) is 23.4 Å². The average Bonchev–Trinajstić information content (AvgIpc) is 3.32. The van der Waals surface area contributed by atoms with Crippen molar-refractivity contribution in [3.8, 4) is 22.4 Å². The maximum atomic E-state index is 12.0. The van der Waals surface area contributed by atoms with E-state index in [0.29, 0.717) is 35.4 Å². The van der Waals surface area contributed by atoms with Crippen LogP contribution < -0.4 is 0 Å². The molecular formula is C28H36N2O7S. The molecule has 4 rings (SSSR count). The Bertz CT molecular complexity index is 1330. The number of carbonyl (C=O) groups is 1. The predicted octanol–water partition coefficient (Wildman–Crippen LogP) is 4.28. The van der Waals surface area contributed by atoms with E-state index >= 15 is 0 Å². The number of benzene rings is 2. The molecule has 3 aromatic rings. The zero-order valence-electron chi connectivity index (χ0n) is 22.3. The van der Waals surface area contributed by atoms with Crippen LogP contribution in [0.3, 0.4) is 0 Å². The van der Waals surface area contributed by atoms with Crippen LogP contribution in [0.4, 0.5) is 0 Å². The molecule has 10 heteroatoms. The second kappa shape index (κ2) is 13.1. The molecule has 2 aromatic carbocycles. The zero-order valence-corrected chi connectivity index (χ0v) is 23.1. The van der Waals surface area contributed by atoms with Crippen molar-refractivity contribution in [2.45, 2.75) is 51.3 Å². The fourth-order valence-corrected chi connectivity index (χ4v) is 5.00. The van der Waals surface area contributed by atoms with E-state index in [1.54, 1.807) is 28.9 Å². The fraction of sp³-hybridized carbons (Fsp3) is 0.429. The summed E-state index contributed by atoms with van der Waals surface area (Å²) in [7, 11) is -3.48. The average molecular weight is 545 g/mol. The largest absolute Gasteiger partial charge is 0.476 e. The van der Waals surface area contributed by atoms with E-state index < -0.39 is 15.8 Å². The number of aromatic carboxylic acids is 1. The number of ether oxygens (including phenoxy) is 2. The molecule has 2 N–H and O–H groups in total. The SMILES string of the molecule is CC(C)Cn1nc(C(=O)O)cc1-c1ccc(-c2ccc(CO)c(S(C)(=O)=O)c2)cc1.CCC1COCCO1. The lowest BCUT2D eigenvalue weighted by molar-refractivity contribution is -0.0887. The first-order valence-corrected chi connectivity index (χ1v) is 14.5. The van der Waals surface area contributed by atoms with Crippen LogP contribution in [0.1, 0.15) is 43.2 Å². The summed E-state index contributed by atoms with van der Waals surface area (Å²) in [5.41, 5.74) is 3.39. The molecule has 1 aliphatic rings. The molecule has 38 heavy (non-hydrogen) atoms. The Morgan fingerprint density at radius 3 is 2.24 bits per heavy atom. The van der Waals surface area contributed by atoms with Crippen LogP contribution in [-0.2, 0) is 32.5 Å². The summed E-state index contributed by atoms with van der Waals surface area (Å²) < 4.78 is 36.2. The molecule has 1 aliphatic heterocycles. The first-order chi connectivity index (χ1) is 18.0. The van der Waals surface area contributed by atoms with Gasteiger partial charge in [-0.25, -0.2) is 13.2 Å². The zero-order chi connectivity index (χ0) is 27.9. The summed E-state index contributed by atoms with van der Waals surface area (Å²) in [6.07, 6.45) is 2.55. The van der Waals surface area contributed by atoms with Gasteiger partial charge in [0.15, 0.2) is 15.5 Å². The van der Waals surface area contributed by atoms with Crippen LogP contribution in [0.5, 0.6) is 0 Å². The Morgan fingerprint density at radius 2 is 1.74 bits per heavy atom. The van der Waals surface area contributed by atoms with E-state index in [0.717, 1.165) is 43.6 Å². The molecule has 1 aromatic heterocycles. The molecule has 0 aliphatic carbocycles. The molecule has 1 atom stereocenters. The van der Waals surface area contributed by atoms with Gasteiger partial charge in [-0.2, -0.15) is 5.10 Å². The van der Waals surface area contributed by atoms with Crippen molar-refractivity contribution in [1.29, 1.82) is 0 Å². The van der Waals surface area contributed by atoms with E-state index in [1.165, 1.54) is 0 Å². The number of rotatable bonds is 8. The molecule has 0 radical (unpaired) electrons. The molecule has 0 bridgehead atoms. The van der Waals surface area contributed by atoms with Gasteiger partial charge in [-0.1, -0.05) is 57.2 Å². The van der Waals surface area contributed by atoms with Crippen LogP contribution in [-0.4, -0.2) is 66.6 Å². The Morgan fingerprint density at radius 1 is 1.08 bits per heavy atom. The molecule has 0 amide bonds. The lowest BCUT2D eigenvalue weighted by Gasteiger charge is -2.20. The molecule has 2 heterocycles. The minimum Gasteiger partial charge on any atom is -0.476 e. The highest BCUT2D eigenvalue weighted by molar-refractivity contribution is 7.90. The van der Waals surface area contributed by atoms with Gasteiger partial charge in [0.05, 0.1) is 43.1 Å². The van der Waals surface area contributed by atoms with Gasteiger partial charge in [-0.3, -0.25) is 4.68 Å². The summed E-state index contributed by atoms with van der Waals surface area (Å²) in [5, 5.41) is 22.9. The summed E-state index contributed by atoms with van der Waals surface area (Å²) in [6, 6.07) is 13.9. The number of carboxylic acid groups (broad SMARTS) is 1. The number of carboxylic acids is 1. The highest BCUT2D eigenvalue weighted by Crippen LogP contribution is 2.29. The Hall–Kier alpha value is -3.05.